The molecule has 0 radical (unpaired) electrons. The van der Waals surface area contributed by atoms with Crippen LogP contribution in [0.2, 0.25) is 0 Å². The van der Waals surface area contributed by atoms with E-state index >= 15 is 0 Å². The molecular formula is C17H22N2O3. The number of hydrogen-bond donors (Lipinski definition) is 1. The van der Waals surface area contributed by atoms with Crippen molar-refractivity contribution in [3.05, 3.63) is 30.0 Å². The van der Waals surface area contributed by atoms with E-state index in [1.165, 1.54) is 5.69 Å². The number of ether oxygens (including phenoxy) is 2. The minimum absolute atomic E-state index is 0.204. The topological polar surface area (TPSA) is 54.6 Å². The molecule has 0 saturated carbocycles. The summed E-state index contributed by atoms with van der Waals surface area (Å²) in [5.41, 5.74) is 2.28. The highest BCUT2D eigenvalue weighted by molar-refractivity contribution is 5.82. The van der Waals surface area contributed by atoms with Crippen LogP contribution in [0.4, 0.5) is 4.79 Å². The van der Waals surface area contributed by atoms with Crippen LogP contribution in [0.5, 0.6) is 5.75 Å². The van der Waals surface area contributed by atoms with Crippen molar-refractivity contribution in [2.24, 2.45) is 0 Å². The van der Waals surface area contributed by atoms with Crippen LogP contribution in [0.1, 0.15) is 31.4 Å². The zero-order valence-electron chi connectivity index (χ0n) is 13.1. The van der Waals surface area contributed by atoms with Crippen LogP contribution >= 0.6 is 0 Å². The maximum atomic E-state index is 11.9. The summed E-state index contributed by atoms with van der Waals surface area (Å²) in [6.07, 6.45) is 1.88. The summed E-state index contributed by atoms with van der Waals surface area (Å²) in [7, 11) is 1.67. The van der Waals surface area contributed by atoms with E-state index in [0.29, 0.717) is 19.1 Å². The maximum Gasteiger partial charge on any atom is 0.409 e. The minimum Gasteiger partial charge on any atom is -0.497 e. The number of H-pyrrole nitrogens is 1. The van der Waals surface area contributed by atoms with Gasteiger partial charge in [-0.25, -0.2) is 4.79 Å². The lowest BCUT2D eigenvalue weighted by Gasteiger charge is -2.31. The van der Waals surface area contributed by atoms with Crippen molar-refractivity contribution in [2.45, 2.75) is 25.7 Å². The number of hydrogen-bond acceptors (Lipinski definition) is 3. The molecule has 118 valence electrons. The highest BCUT2D eigenvalue weighted by atomic mass is 16.6. The summed E-state index contributed by atoms with van der Waals surface area (Å²) >= 11 is 0. The number of likely N-dealkylation sites (tertiary alicyclic amines) is 1. The van der Waals surface area contributed by atoms with Crippen molar-refractivity contribution in [3.8, 4) is 5.75 Å². The van der Waals surface area contributed by atoms with Crippen molar-refractivity contribution in [1.82, 2.24) is 9.88 Å². The highest BCUT2D eigenvalue weighted by Crippen LogP contribution is 2.30. The largest absolute Gasteiger partial charge is 0.497 e. The Bertz CT molecular complexity index is 665. The Morgan fingerprint density at radius 3 is 3.05 bits per heavy atom. The molecule has 1 aromatic heterocycles. The number of carbonyl (C=O) groups excluding carboxylic acids is 1. The molecule has 1 aromatic carbocycles. The summed E-state index contributed by atoms with van der Waals surface area (Å²) in [5, 5.41) is 1.14. The van der Waals surface area contributed by atoms with E-state index in [-0.39, 0.29) is 6.09 Å². The molecule has 5 heteroatoms. The first-order valence-electron chi connectivity index (χ1n) is 7.79. The van der Waals surface area contributed by atoms with Crippen LogP contribution in [0.15, 0.2) is 24.3 Å². The van der Waals surface area contributed by atoms with Crippen molar-refractivity contribution < 1.29 is 14.3 Å². The maximum absolute atomic E-state index is 11.9. The SMILES string of the molecule is CCOC(=O)N1CCCC(c2cc3cc(OC)ccc3[nH]2)C1. The number of amides is 1. The number of carbonyl (C=O) groups is 1. The third-order valence-electron chi connectivity index (χ3n) is 4.24. The third kappa shape index (κ3) is 2.89. The molecule has 2 aromatic rings. The van der Waals surface area contributed by atoms with Gasteiger partial charge >= 0.3 is 6.09 Å². The van der Waals surface area contributed by atoms with Gasteiger partial charge in [0, 0.05) is 35.6 Å². The van der Waals surface area contributed by atoms with Gasteiger partial charge in [0.25, 0.3) is 0 Å². The van der Waals surface area contributed by atoms with Gasteiger partial charge in [-0.2, -0.15) is 0 Å². The number of methoxy groups -OCH3 is 1. The fourth-order valence-corrected chi connectivity index (χ4v) is 3.09. The number of nitrogens with one attached hydrogen (secondary N) is 1. The lowest BCUT2D eigenvalue weighted by molar-refractivity contribution is 0.0956. The first-order chi connectivity index (χ1) is 10.7. The number of fused-ring (bicyclic) bond motifs is 1. The van der Waals surface area contributed by atoms with E-state index in [4.69, 9.17) is 9.47 Å². The molecule has 1 fully saturated rings. The Labute approximate surface area is 130 Å². The van der Waals surface area contributed by atoms with Crippen molar-refractivity contribution >= 4 is 17.0 Å². The second-order valence-electron chi connectivity index (χ2n) is 5.66. The molecule has 2 heterocycles. The molecule has 1 N–H and O–H groups in total. The Kier molecular flexibility index (Phi) is 4.22. The Balaban J connectivity index is 1.79. The number of piperidine rings is 1. The summed E-state index contributed by atoms with van der Waals surface area (Å²) in [6, 6.07) is 8.18. The van der Waals surface area contributed by atoms with Crippen LogP contribution < -0.4 is 4.74 Å². The van der Waals surface area contributed by atoms with E-state index in [2.05, 4.69) is 11.1 Å². The van der Waals surface area contributed by atoms with E-state index in [1.807, 2.05) is 30.0 Å². The fourth-order valence-electron chi connectivity index (χ4n) is 3.09. The summed E-state index contributed by atoms with van der Waals surface area (Å²) < 4.78 is 10.4. The predicted octanol–water partition coefficient (Wildman–Crippen LogP) is 3.51. The fraction of sp³-hybridized carbons (Fsp3) is 0.471. The molecule has 1 amide bonds. The zero-order chi connectivity index (χ0) is 15.5. The number of rotatable bonds is 3. The van der Waals surface area contributed by atoms with Crippen LogP contribution in [0.3, 0.4) is 0 Å². The first-order valence-corrected chi connectivity index (χ1v) is 7.79. The van der Waals surface area contributed by atoms with Gasteiger partial charge in [-0.3, -0.25) is 0 Å². The first kappa shape index (κ1) is 14.8. The monoisotopic (exact) mass is 302 g/mol. The van der Waals surface area contributed by atoms with Crippen LogP contribution in [0, 0.1) is 0 Å². The summed E-state index contributed by atoms with van der Waals surface area (Å²) in [4.78, 5) is 17.2. The van der Waals surface area contributed by atoms with Gasteiger partial charge in [0.1, 0.15) is 5.75 Å². The molecule has 1 unspecified atom stereocenters. The van der Waals surface area contributed by atoms with Gasteiger partial charge in [-0.1, -0.05) is 0 Å². The van der Waals surface area contributed by atoms with Crippen LogP contribution in [0.25, 0.3) is 10.9 Å². The Hall–Kier alpha value is -2.17. The van der Waals surface area contributed by atoms with E-state index < -0.39 is 0 Å². The normalized spacial score (nSPS) is 18.5. The average Bonchev–Trinajstić information content (AvgIpc) is 2.98. The Morgan fingerprint density at radius 2 is 2.27 bits per heavy atom. The lowest BCUT2D eigenvalue weighted by atomic mass is 9.95. The molecule has 0 spiro atoms. The molecular weight excluding hydrogens is 280 g/mol. The molecule has 1 atom stereocenters. The molecule has 1 aliphatic heterocycles. The van der Waals surface area contributed by atoms with E-state index in [9.17, 15) is 4.79 Å². The molecule has 22 heavy (non-hydrogen) atoms. The van der Waals surface area contributed by atoms with Crippen molar-refractivity contribution in [3.63, 3.8) is 0 Å². The Morgan fingerprint density at radius 1 is 1.41 bits per heavy atom. The zero-order valence-corrected chi connectivity index (χ0v) is 13.1. The van der Waals surface area contributed by atoms with Crippen molar-refractivity contribution in [2.75, 3.05) is 26.8 Å². The average molecular weight is 302 g/mol. The van der Waals surface area contributed by atoms with Gasteiger partial charge in [-0.05, 0) is 44.0 Å². The second-order valence-corrected chi connectivity index (χ2v) is 5.66. The predicted molar refractivity (Wildman–Crippen MR) is 85.4 cm³/mol. The molecule has 1 aliphatic rings. The van der Waals surface area contributed by atoms with Gasteiger partial charge in [0.05, 0.1) is 13.7 Å². The third-order valence-corrected chi connectivity index (χ3v) is 4.24. The summed E-state index contributed by atoms with van der Waals surface area (Å²) in [6.45, 7) is 3.75. The molecule has 1 saturated heterocycles. The number of nitrogens with zero attached hydrogens (tertiary/aromatic N) is 1. The van der Waals surface area contributed by atoms with Gasteiger partial charge < -0.3 is 19.4 Å². The lowest BCUT2D eigenvalue weighted by Crippen LogP contribution is -2.39. The minimum atomic E-state index is -0.204. The van der Waals surface area contributed by atoms with Gasteiger partial charge in [-0.15, -0.1) is 0 Å². The molecule has 0 aliphatic carbocycles. The molecule has 5 nitrogen and oxygen atoms in total. The van der Waals surface area contributed by atoms with Gasteiger partial charge in [0.2, 0.25) is 0 Å². The van der Waals surface area contributed by atoms with E-state index in [1.54, 1.807) is 7.11 Å². The van der Waals surface area contributed by atoms with Gasteiger partial charge in [0.15, 0.2) is 0 Å². The number of aromatic amines is 1. The van der Waals surface area contributed by atoms with Crippen LogP contribution in [-0.2, 0) is 4.74 Å². The van der Waals surface area contributed by atoms with Crippen LogP contribution in [-0.4, -0.2) is 42.8 Å². The summed E-state index contributed by atoms with van der Waals surface area (Å²) in [5.74, 6) is 1.19. The van der Waals surface area contributed by atoms with Crippen molar-refractivity contribution in [1.29, 1.82) is 0 Å². The van der Waals surface area contributed by atoms with E-state index in [0.717, 1.165) is 36.0 Å². The quantitative estimate of drug-likeness (QED) is 0.944. The smallest absolute Gasteiger partial charge is 0.409 e. The number of benzene rings is 1. The second kappa shape index (κ2) is 6.30. The molecule has 3 rings (SSSR count). The number of aromatic nitrogens is 1. The molecule has 0 bridgehead atoms. The standard InChI is InChI=1S/C17H22N2O3/c1-3-22-17(20)19-8-4-5-12(11-19)16-10-13-9-14(21-2)6-7-15(13)18-16/h6-7,9-10,12,18H,3-5,8,11H2,1-2H3. The highest BCUT2D eigenvalue weighted by Gasteiger charge is 2.26.